The molecule has 0 rings (SSSR count). The zero-order valence-electron chi connectivity index (χ0n) is 64.0. The molecule has 0 spiro atoms. The Bertz CT molecular complexity index is 2410. The highest BCUT2D eigenvalue weighted by atomic mass is 31.2. The second-order valence-corrected chi connectivity index (χ2v) is 29.1. The van der Waals surface area contributed by atoms with Crippen LogP contribution in [0.2, 0.25) is 0 Å². The molecule has 0 aliphatic carbocycles. The Morgan fingerprint density at radius 3 is 0.833 bits per heavy atom. The van der Waals surface area contributed by atoms with E-state index in [1.54, 1.807) is 0 Å². The highest BCUT2D eigenvalue weighted by Crippen LogP contribution is 2.45. The van der Waals surface area contributed by atoms with E-state index >= 15 is 0 Å². The molecule has 5 unspecified atom stereocenters. The Kier molecular flexibility index (Phi) is 71.4. The lowest BCUT2D eigenvalue weighted by atomic mass is 10.1. The third-order valence-electron chi connectivity index (χ3n) is 16.4. The molecular weight excluding hydrogens is 1330 g/mol. The van der Waals surface area contributed by atoms with Gasteiger partial charge < -0.3 is 33.8 Å². The fraction of sp³-hybridized carbons (Fsp3) is 0.711. The van der Waals surface area contributed by atoms with E-state index in [-0.39, 0.29) is 25.7 Å². The largest absolute Gasteiger partial charge is 0.472 e. The van der Waals surface area contributed by atoms with Crippen molar-refractivity contribution in [2.45, 2.75) is 341 Å². The number of carbonyl (C=O) groups excluding carboxylic acids is 4. The van der Waals surface area contributed by atoms with Crippen molar-refractivity contribution in [2.24, 2.45) is 0 Å². The van der Waals surface area contributed by atoms with Gasteiger partial charge in [0, 0.05) is 25.7 Å². The number of unbranched alkanes of at least 4 members (excludes halogenated alkanes) is 28. The minimum atomic E-state index is -4.98. The number of esters is 4. The van der Waals surface area contributed by atoms with Gasteiger partial charge in [-0.05, 0) is 148 Å². The summed E-state index contributed by atoms with van der Waals surface area (Å²) in [4.78, 5) is 73.0. The molecule has 0 radical (unpaired) electrons. The second kappa shape index (κ2) is 74.7. The van der Waals surface area contributed by atoms with Crippen LogP contribution in [-0.4, -0.2) is 96.7 Å². The molecule has 0 heterocycles. The number of aliphatic hydroxyl groups excluding tert-OH is 1. The van der Waals surface area contributed by atoms with Gasteiger partial charge in [-0.3, -0.25) is 37.3 Å². The van der Waals surface area contributed by atoms with Gasteiger partial charge in [-0.1, -0.05) is 271 Å². The molecule has 0 fully saturated rings. The lowest BCUT2D eigenvalue weighted by molar-refractivity contribution is -0.161. The van der Waals surface area contributed by atoms with Crippen LogP contribution in [-0.2, 0) is 65.4 Å². The Labute approximate surface area is 619 Å². The maximum Gasteiger partial charge on any atom is 0.472 e. The number of allylic oxidation sites excluding steroid dienone is 20. The van der Waals surface area contributed by atoms with Gasteiger partial charge in [0.15, 0.2) is 12.2 Å². The Morgan fingerprint density at radius 2 is 0.529 bits per heavy atom. The van der Waals surface area contributed by atoms with Crippen LogP contribution in [0.15, 0.2) is 122 Å². The summed E-state index contributed by atoms with van der Waals surface area (Å²) in [5.74, 6) is -2.22. The van der Waals surface area contributed by atoms with E-state index in [0.717, 1.165) is 218 Å². The first-order chi connectivity index (χ1) is 49.7. The topological polar surface area (TPSA) is 237 Å². The summed E-state index contributed by atoms with van der Waals surface area (Å²) in [7, 11) is -9.97. The fourth-order valence-electron chi connectivity index (χ4n) is 10.4. The van der Waals surface area contributed by atoms with Crippen LogP contribution in [0.3, 0.4) is 0 Å². The molecule has 0 aliphatic heterocycles. The summed E-state index contributed by atoms with van der Waals surface area (Å²) in [6.45, 7) is 4.54. The Balaban J connectivity index is 5.35. The normalized spacial score (nSPS) is 14.5. The van der Waals surface area contributed by atoms with Crippen molar-refractivity contribution in [2.75, 3.05) is 39.6 Å². The average Bonchev–Trinajstić information content (AvgIpc) is 0.909. The van der Waals surface area contributed by atoms with Crippen LogP contribution >= 0.6 is 15.6 Å². The van der Waals surface area contributed by atoms with Crippen molar-refractivity contribution < 1.29 is 80.2 Å². The van der Waals surface area contributed by atoms with Gasteiger partial charge in [0.05, 0.1) is 26.4 Å². The van der Waals surface area contributed by atoms with Crippen LogP contribution in [0.25, 0.3) is 0 Å². The molecule has 0 bridgehead atoms. The molecular formula is C83H142O17P2. The third-order valence-corrected chi connectivity index (χ3v) is 18.3. The van der Waals surface area contributed by atoms with Crippen LogP contribution < -0.4 is 0 Å². The van der Waals surface area contributed by atoms with Gasteiger partial charge in [0.2, 0.25) is 0 Å². The van der Waals surface area contributed by atoms with Crippen molar-refractivity contribution in [3.8, 4) is 0 Å². The Hall–Kier alpha value is -4.54. The number of ether oxygens (including phenoxy) is 4. The number of phosphoric ester groups is 2. The number of hydrogen-bond donors (Lipinski definition) is 3. The number of aliphatic hydroxyl groups is 1. The van der Waals surface area contributed by atoms with E-state index in [9.17, 15) is 43.2 Å². The smallest absolute Gasteiger partial charge is 0.462 e. The number of carbonyl (C=O) groups is 4. The predicted octanol–water partition coefficient (Wildman–Crippen LogP) is 23.1. The second-order valence-electron chi connectivity index (χ2n) is 26.2. The summed E-state index contributed by atoms with van der Waals surface area (Å²) in [5.41, 5.74) is 0. The predicted molar refractivity (Wildman–Crippen MR) is 418 cm³/mol. The molecule has 586 valence electrons. The van der Waals surface area contributed by atoms with E-state index in [0.29, 0.717) is 25.7 Å². The summed E-state index contributed by atoms with van der Waals surface area (Å²) in [6, 6.07) is 0. The van der Waals surface area contributed by atoms with Gasteiger partial charge in [-0.2, -0.15) is 0 Å². The zero-order chi connectivity index (χ0) is 74.6. The number of rotatable bonds is 74. The summed E-state index contributed by atoms with van der Waals surface area (Å²) < 4.78 is 68.6. The summed E-state index contributed by atoms with van der Waals surface area (Å²) >= 11 is 0. The molecule has 0 aromatic heterocycles. The number of phosphoric acid groups is 2. The molecule has 0 amide bonds. The molecule has 102 heavy (non-hydrogen) atoms. The van der Waals surface area contributed by atoms with Crippen LogP contribution in [0.5, 0.6) is 0 Å². The van der Waals surface area contributed by atoms with Gasteiger partial charge in [0.1, 0.15) is 19.3 Å². The standard InChI is InChI=1S/C83H142O17P2/c1-5-9-13-17-21-25-29-33-35-37-38-40-42-46-48-52-56-60-64-68-81(86)94-74-79(100-83(88)70-66-62-58-54-50-44-32-28-24-20-16-12-8-4)76-98-102(91,92)96-72-77(84)71-95-101(89,90)97-75-78(99-82(87)69-65-61-57-53-49-43-31-27-23-19-15-11-7-3)73-93-80(85)67-63-59-55-51-47-45-41-39-36-34-30-26-22-18-14-10-6-2/h9-10,13-14,16,20-22,25-28,31-36,38,40,77-79,84H,5-8,11-12,15,17-19,23-24,29-30,37,39,41-76H2,1-4H3,(H,89,90)(H,91,92)/b13-9-,14-10-,20-16-,25-21-,26-22-,31-27-,32-28-,35-33-,36-34-,40-38-. The average molecular weight is 1470 g/mol. The van der Waals surface area contributed by atoms with E-state index in [2.05, 4.69) is 149 Å². The maximum atomic E-state index is 13.1. The zero-order valence-corrected chi connectivity index (χ0v) is 65.8. The lowest BCUT2D eigenvalue weighted by Gasteiger charge is -2.21. The minimum absolute atomic E-state index is 0.0733. The molecule has 0 saturated heterocycles. The van der Waals surface area contributed by atoms with Crippen molar-refractivity contribution in [1.29, 1.82) is 0 Å². The molecule has 0 aromatic carbocycles. The molecule has 0 aromatic rings. The molecule has 17 nitrogen and oxygen atoms in total. The molecule has 0 aliphatic rings. The minimum Gasteiger partial charge on any atom is -0.462 e. The number of hydrogen-bond acceptors (Lipinski definition) is 15. The molecule has 0 saturated carbocycles. The van der Waals surface area contributed by atoms with Crippen molar-refractivity contribution >= 4 is 39.5 Å². The first-order valence-electron chi connectivity index (χ1n) is 39.8. The maximum absolute atomic E-state index is 13.1. The molecule has 3 N–H and O–H groups in total. The monoisotopic (exact) mass is 1470 g/mol. The fourth-order valence-corrected chi connectivity index (χ4v) is 12.0. The lowest BCUT2D eigenvalue weighted by Crippen LogP contribution is -2.30. The molecule has 5 atom stereocenters. The van der Waals surface area contributed by atoms with Crippen molar-refractivity contribution in [1.82, 2.24) is 0 Å². The van der Waals surface area contributed by atoms with Crippen molar-refractivity contribution in [3.63, 3.8) is 0 Å². The molecule has 19 heteroatoms. The van der Waals surface area contributed by atoms with Gasteiger partial charge >= 0.3 is 39.5 Å². The van der Waals surface area contributed by atoms with E-state index in [1.807, 2.05) is 0 Å². The SMILES string of the molecule is CC/C=C\C/C=C\C/C=C\C/C=C\CCCCCCCCC(=O)OCC(COP(=O)(O)OCC(O)COP(=O)(O)OCC(COC(=O)CCCCCCCCC/C=C\C/C=C\C/C=C\CC)OC(=O)CCCCCCC/C=C\CCCCCC)OC(=O)CCCCCCC/C=C\C/C=C\CCC. The third kappa shape index (κ3) is 73.8. The van der Waals surface area contributed by atoms with E-state index < -0.39 is 97.5 Å². The highest BCUT2D eigenvalue weighted by Gasteiger charge is 2.30. The van der Waals surface area contributed by atoms with Crippen molar-refractivity contribution in [3.05, 3.63) is 122 Å². The van der Waals surface area contributed by atoms with E-state index in [4.69, 9.17) is 37.0 Å². The quantitative estimate of drug-likeness (QED) is 0.0169. The van der Waals surface area contributed by atoms with Crippen LogP contribution in [0, 0.1) is 0 Å². The summed E-state index contributed by atoms with van der Waals surface area (Å²) in [5, 5.41) is 10.6. The first-order valence-corrected chi connectivity index (χ1v) is 42.8. The first kappa shape index (κ1) is 97.5. The van der Waals surface area contributed by atoms with Crippen LogP contribution in [0.4, 0.5) is 0 Å². The summed E-state index contributed by atoms with van der Waals surface area (Å²) in [6.07, 6.45) is 81.7. The van der Waals surface area contributed by atoms with Gasteiger partial charge in [-0.25, -0.2) is 9.13 Å². The highest BCUT2D eigenvalue weighted by molar-refractivity contribution is 7.47. The van der Waals surface area contributed by atoms with Gasteiger partial charge in [0.25, 0.3) is 0 Å². The Morgan fingerprint density at radius 1 is 0.284 bits per heavy atom. The van der Waals surface area contributed by atoms with Gasteiger partial charge in [-0.15, -0.1) is 0 Å². The van der Waals surface area contributed by atoms with E-state index in [1.165, 1.54) is 25.7 Å². The van der Waals surface area contributed by atoms with Crippen LogP contribution in [0.1, 0.15) is 323 Å².